The van der Waals surface area contributed by atoms with Gasteiger partial charge in [0.15, 0.2) is 0 Å². The average molecular weight is 940 g/mol. The third-order valence-corrected chi connectivity index (χ3v) is 15.6. The van der Waals surface area contributed by atoms with Gasteiger partial charge in [-0.3, -0.25) is 0 Å². The predicted molar refractivity (Wildman–Crippen MR) is 313 cm³/mol. The first-order valence-electron chi connectivity index (χ1n) is 25.7. The zero-order valence-corrected chi connectivity index (χ0v) is 40.7. The molecule has 1 aliphatic rings. The molecule has 0 aliphatic heterocycles. The van der Waals surface area contributed by atoms with Crippen LogP contribution in [-0.4, -0.2) is 0 Å². The van der Waals surface area contributed by atoms with Gasteiger partial charge in [0.2, 0.25) is 0 Å². The Bertz CT molecular complexity index is 4170. The lowest BCUT2D eigenvalue weighted by atomic mass is 9.67. The summed E-state index contributed by atoms with van der Waals surface area (Å²) >= 11 is 0. The first-order valence-corrected chi connectivity index (χ1v) is 25.7. The van der Waals surface area contributed by atoms with E-state index in [2.05, 4.69) is 302 Å². The highest BCUT2D eigenvalue weighted by atomic mass is 15.1. The molecule has 74 heavy (non-hydrogen) atoms. The monoisotopic (exact) mass is 939 g/mol. The Kier molecular flexibility index (Phi) is 10.5. The van der Waals surface area contributed by atoms with Crippen molar-refractivity contribution in [2.24, 2.45) is 0 Å². The van der Waals surface area contributed by atoms with Crippen LogP contribution in [0.5, 0.6) is 0 Å². The molecule has 14 rings (SSSR count). The largest absolute Gasteiger partial charge is 0.310 e. The minimum atomic E-state index is -0.473. The SMILES string of the molecule is c1ccc(-c2cccc3cccc(-c4ccccc4N(c4ccc(-c5cccc6c5-c5ccccc5C6(c5ccccc5)c5ccccc5)cc4)c4ccc(-c5cccc6c5ccc5ccccc56)cc4)c23)cc1. The van der Waals surface area contributed by atoms with Gasteiger partial charge in [-0.15, -0.1) is 0 Å². The molecule has 0 spiro atoms. The van der Waals surface area contributed by atoms with Crippen LogP contribution in [0.25, 0.3) is 88.0 Å². The molecule has 13 aromatic carbocycles. The Hall–Kier alpha value is -9.56. The van der Waals surface area contributed by atoms with Gasteiger partial charge in [0.25, 0.3) is 0 Å². The Morgan fingerprint density at radius 1 is 0.243 bits per heavy atom. The topological polar surface area (TPSA) is 3.24 Å². The van der Waals surface area contributed by atoms with Crippen molar-refractivity contribution in [1.82, 2.24) is 0 Å². The molecular formula is C73H49N. The highest BCUT2D eigenvalue weighted by Crippen LogP contribution is 2.58. The number of hydrogen-bond acceptors (Lipinski definition) is 1. The van der Waals surface area contributed by atoms with Crippen LogP contribution in [0.1, 0.15) is 22.3 Å². The first-order chi connectivity index (χ1) is 36.7. The molecule has 1 heteroatoms. The fraction of sp³-hybridized carbons (Fsp3) is 0.0137. The molecular weight excluding hydrogens is 891 g/mol. The summed E-state index contributed by atoms with van der Waals surface area (Å²) in [6.45, 7) is 0. The lowest BCUT2D eigenvalue weighted by Crippen LogP contribution is -2.28. The number of rotatable bonds is 9. The molecule has 0 fully saturated rings. The molecule has 1 aliphatic carbocycles. The fourth-order valence-electron chi connectivity index (χ4n) is 12.4. The van der Waals surface area contributed by atoms with Gasteiger partial charge in [-0.25, -0.2) is 0 Å². The Balaban J connectivity index is 0.942. The predicted octanol–water partition coefficient (Wildman–Crippen LogP) is 19.6. The van der Waals surface area contributed by atoms with E-state index in [-0.39, 0.29) is 0 Å². The van der Waals surface area contributed by atoms with E-state index < -0.39 is 5.41 Å². The van der Waals surface area contributed by atoms with Gasteiger partial charge in [0.05, 0.1) is 11.1 Å². The summed E-state index contributed by atoms with van der Waals surface area (Å²) in [7, 11) is 0. The molecule has 346 valence electrons. The van der Waals surface area contributed by atoms with Crippen LogP contribution in [0, 0.1) is 0 Å². The number of benzene rings is 13. The van der Waals surface area contributed by atoms with E-state index in [1.165, 1.54) is 105 Å². The van der Waals surface area contributed by atoms with Gasteiger partial charge in [0, 0.05) is 16.9 Å². The van der Waals surface area contributed by atoms with Gasteiger partial charge in [-0.1, -0.05) is 267 Å². The summed E-state index contributed by atoms with van der Waals surface area (Å²) in [4.78, 5) is 2.45. The second-order valence-electron chi connectivity index (χ2n) is 19.5. The standard InChI is InChI=1S/C73H49N/c1-4-20-50(21-5-1)61-33-16-23-54-24-17-36-66(71(54)61)65-30-13-15-39-70(65)74(57-45-40-52(41-46-57)60-32-18-35-63-59-29-11-10-22-51(59)44-49-64(60)63)58-47-42-53(43-48-58)62-34-19-38-69-72(62)67-31-12-14-37-68(67)73(69,55-25-6-2-7-26-55)56-27-8-3-9-28-56/h1-49H. The molecule has 13 aromatic rings. The van der Waals surface area contributed by atoms with Crippen molar-refractivity contribution < 1.29 is 0 Å². The van der Waals surface area contributed by atoms with Gasteiger partial charge >= 0.3 is 0 Å². The van der Waals surface area contributed by atoms with Crippen LogP contribution in [0.2, 0.25) is 0 Å². The Morgan fingerprint density at radius 3 is 1.43 bits per heavy atom. The maximum atomic E-state index is 2.45. The van der Waals surface area contributed by atoms with E-state index in [1.807, 2.05) is 0 Å². The fourth-order valence-corrected chi connectivity index (χ4v) is 12.4. The molecule has 0 heterocycles. The first kappa shape index (κ1) is 43.2. The molecule has 0 amide bonds. The van der Waals surface area contributed by atoms with Crippen molar-refractivity contribution in [3.63, 3.8) is 0 Å². The smallest absolute Gasteiger partial charge is 0.0713 e. The molecule has 0 saturated carbocycles. The molecule has 0 unspecified atom stereocenters. The second kappa shape index (κ2) is 17.9. The van der Waals surface area contributed by atoms with Crippen LogP contribution in [0.3, 0.4) is 0 Å². The molecule has 0 aromatic heterocycles. The lowest BCUT2D eigenvalue weighted by Gasteiger charge is -2.34. The van der Waals surface area contributed by atoms with E-state index in [0.29, 0.717) is 0 Å². The lowest BCUT2D eigenvalue weighted by molar-refractivity contribution is 0.768. The zero-order chi connectivity index (χ0) is 49.0. The van der Waals surface area contributed by atoms with Crippen LogP contribution in [0.4, 0.5) is 17.1 Å². The summed E-state index contributed by atoms with van der Waals surface area (Å²) in [6.07, 6.45) is 0. The van der Waals surface area contributed by atoms with Crippen molar-refractivity contribution in [1.29, 1.82) is 0 Å². The van der Waals surface area contributed by atoms with Gasteiger partial charge in [-0.05, 0) is 135 Å². The molecule has 0 bridgehead atoms. The highest BCUT2D eigenvalue weighted by Gasteiger charge is 2.46. The Labute approximate surface area is 432 Å². The van der Waals surface area contributed by atoms with Gasteiger partial charge in [-0.2, -0.15) is 0 Å². The maximum absolute atomic E-state index is 2.45. The molecule has 0 saturated heterocycles. The number of anilines is 3. The van der Waals surface area contributed by atoms with E-state index in [9.17, 15) is 0 Å². The van der Waals surface area contributed by atoms with E-state index in [0.717, 1.165) is 22.6 Å². The number of nitrogens with zero attached hydrogens (tertiary/aromatic N) is 1. The van der Waals surface area contributed by atoms with E-state index in [4.69, 9.17) is 0 Å². The summed E-state index contributed by atoms with van der Waals surface area (Å²) in [5.41, 5.74) is 20.0. The number of fused-ring (bicyclic) bond motifs is 7. The van der Waals surface area contributed by atoms with E-state index >= 15 is 0 Å². The molecule has 0 radical (unpaired) electrons. The third-order valence-electron chi connectivity index (χ3n) is 15.6. The van der Waals surface area contributed by atoms with Crippen molar-refractivity contribution in [2.45, 2.75) is 5.41 Å². The van der Waals surface area contributed by atoms with Gasteiger partial charge in [0.1, 0.15) is 0 Å². The van der Waals surface area contributed by atoms with Crippen molar-refractivity contribution >= 4 is 49.4 Å². The van der Waals surface area contributed by atoms with Crippen LogP contribution in [0.15, 0.2) is 297 Å². The summed E-state index contributed by atoms with van der Waals surface area (Å²) in [6, 6.07) is 110. The number of hydrogen-bond donors (Lipinski definition) is 0. The van der Waals surface area contributed by atoms with Gasteiger partial charge < -0.3 is 4.90 Å². The normalized spacial score (nSPS) is 12.4. The van der Waals surface area contributed by atoms with Crippen LogP contribution in [-0.2, 0) is 5.41 Å². The van der Waals surface area contributed by atoms with Crippen molar-refractivity contribution in [3.05, 3.63) is 320 Å². The van der Waals surface area contributed by atoms with Crippen molar-refractivity contribution in [2.75, 3.05) is 4.90 Å². The molecule has 0 N–H and O–H groups in total. The second-order valence-corrected chi connectivity index (χ2v) is 19.5. The minimum absolute atomic E-state index is 0.473. The average Bonchev–Trinajstić information content (AvgIpc) is 3.85. The van der Waals surface area contributed by atoms with Crippen molar-refractivity contribution in [3.8, 4) is 55.6 Å². The maximum Gasteiger partial charge on any atom is 0.0713 e. The molecule has 0 atom stereocenters. The zero-order valence-electron chi connectivity index (χ0n) is 40.7. The van der Waals surface area contributed by atoms with Crippen LogP contribution >= 0.6 is 0 Å². The third kappa shape index (κ3) is 6.93. The summed E-state index contributed by atoms with van der Waals surface area (Å²) in [5.74, 6) is 0. The minimum Gasteiger partial charge on any atom is -0.310 e. The molecule has 1 nitrogen and oxygen atoms in total. The quantitative estimate of drug-likeness (QED) is 0.130. The number of para-hydroxylation sites is 1. The van der Waals surface area contributed by atoms with E-state index in [1.54, 1.807) is 0 Å². The highest BCUT2D eigenvalue weighted by molar-refractivity contribution is 6.12. The van der Waals surface area contributed by atoms with Crippen LogP contribution < -0.4 is 4.90 Å². The Morgan fingerprint density at radius 2 is 0.716 bits per heavy atom. The summed E-state index contributed by atoms with van der Waals surface area (Å²) in [5, 5.41) is 7.49. The summed E-state index contributed by atoms with van der Waals surface area (Å²) < 4.78 is 0.